The molecule has 0 saturated heterocycles. The van der Waals surface area contributed by atoms with Gasteiger partial charge in [0.25, 0.3) is 11.1 Å². The molecule has 4 aromatic heterocycles. The van der Waals surface area contributed by atoms with Crippen molar-refractivity contribution >= 4 is 257 Å². The van der Waals surface area contributed by atoms with Crippen LogP contribution >= 0.6 is 105 Å². The Bertz CT molecular complexity index is 7940. The second-order valence-electron chi connectivity index (χ2n) is 33.2. The first kappa shape index (κ1) is 127. The summed E-state index contributed by atoms with van der Waals surface area (Å²) in [7, 11) is -15.3. The minimum atomic E-state index is -3.95. The molecule has 150 heavy (non-hydrogen) atoms. The third-order valence-corrected chi connectivity index (χ3v) is 33.1. The Hall–Kier alpha value is -12.2. The van der Waals surface area contributed by atoms with Gasteiger partial charge in [-0.25, -0.2) is 53.6 Å². The molecular weight excluding hydrogens is 2240 g/mol. The summed E-state index contributed by atoms with van der Waals surface area (Å²) in [6, 6.07) is 60.4. The molecule has 0 saturated carbocycles. The number of hydrogen-bond acceptors (Lipinski definition) is 26. The molecule has 0 radical (unpaired) electrons. The molecule has 44 heteroatoms. The van der Waals surface area contributed by atoms with Crippen LogP contribution < -0.4 is 32.7 Å². The summed E-state index contributed by atoms with van der Waals surface area (Å²) in [5, 5.41) is 26.3. The smallest absolute Gasteiger partial charge is 0.256 e. The number of nitrogen functional groups attached to an aromatic ring is 2. The number of carbonyl (C=O) groups is 6. The van der Waals surface area contributed by atoms with Gasteiger partial charge in [-0.05, 0) is 252 Å². The number of aryl methyl sites for hydroxylation is 11. The number of benzene rings is 12. The Morgan fingerprint density at radius 3 is 1.03 bits per heavy atom. The number of hydrogen-bond donors (Lipinski definition) is 8. The first-order valence-electron chi connectivity index (χ1n) is 44.8. The number of amides is 4. The maximum Gasteiger partial charge on any atom is 0.256 e. The summed E-state index contributed by atoms with van der Waals surface area (Å²) in [5.74, 6) is -0.741. The van der Waals surface area contributed by atoms with Crippen LogP contribution in [-0.4, -0.2) is 119 Å². The molecule has 4 atom stereocenters. The van der Waals surface area contributed by atoms with Gasteiger partial charge in [0.2, 0.25) is 23.0 Å². The molecule has 4 unspecified atom stereocenters. The molecule has 0 aliphatic rings. The normalized spacial score (nSPS) is 11.8. The number of fused-ring (bicyclic) bond motifs is 4. The van der Waals surface area contributed by atoms with Crippen molar-refractivity contribution in [3.05, 3.63) is 336 Å². The largest absolute Gasteiger partial charge is 0.506 e. The van der Waals surface area contributed by atoms with Gasteiger partial charge in [0.1, 0.15) is 54.6 Å². The standard InChI is InChI=1S/C25H25ClN2O5S.C19H19ClN2O4S.C17H19ClN2O4S.C11H13ClO3S.C9H8ClNO.C8H7ClN2O.C8H6ClNO.C8H7ClO.CH3.ClH.Ni/c1-4-23(34(32,33)17-10-7-8-15(2)12-17)25(31)27-20-14-22(29)21(13-19(20)26)28-24(30)18-11-6-5-9-16(18)3;1-4-18(27(24,25)13-7-5-6-11(2)8-13)19(23)22-15-10-17-16(9-14(15)20)21-12(3)26-17;1-3-16(25(23,24)11-6-4-5-10(2)7-11)17(22)20-14-9-15(21)13(19)8-12(14)18;1-3-10(11(12)13)16(14,15)9-6-4-5-8(2)7-9;1-5-3-9-8(4-7(5)10)11-6(2)12-9;1-4-11-7-2-5(9)6(10)3-8(7)12-4;1-5-10-7-4-6(9)2-3-8(7)11-5;1-6-4-2-3-5-7(6)8(9)10;;;/h5-14,23,29H,4H2,1-3H3,(H,27,31)(H,28,30);5-10,18H,4H2,1-3H3,(H,22,23);4-9,16,21H,3,19H2,1-2H3,(H,20,22);4-7,10H,3H2,1-2H3;3-4H,1-2H3;2-3H,10H2,1H3;2-4H,1H3;2-5H,1H3;1H3;1H;/q;;;;;;;;-1;;. The number of aromatic hydroxyl groups is 2. The number of nitrogens with two attached hydrogens (primary N) is 2. The van der Waals surface area contributed by atoms with Gasteiger partial charge in [-0.3, -0.25) is 28.8 Å². The van der Waals surface area contributed by atoms with Crippen molar-refractivity contribution in [2.24, 2.45) is 0 Å². The minimum absolute atomic E-state index is 0. The molecule has 800 valence electrons. The van der Waals surface area contributed by atoms with Crippen LogP contribution in [0.2, 0.25) is 30.1 Å². The van der Waals surface area contributed by atoms with Gasteiger partial charge in [-0.1, -0.05) is 182 Å². The zero-order chi connectivity index (χ0) is 109. The fourth-order valence-corrected chi connectivity index (χ4v) is 22.9. The Morgan fingerprint density at radius 1 is 0.333 bits per heavy atom. The van der Waals surface area contributed by atoms with Gasteiger partial charge in [0, 0.05) is 89.6 Å². The van der Waals surface area contributed by atoms with Gasteiger partial charge in [-0.15, -0.1) is 12.4 Å². The van der Waals surface area contributed by atoms with Crippen molar-refractivity contribution in [2.75, 3.05) is 32.7 Å². The average Bonchev–Trinajstić information content (AvgIpc) is 1.80. The number of sulfone groups is 4. The molecule has 0 aliphatic carbocycles. The third-order valence-electron chi connectivity index (χ3n) is 21.8. The number of anilines is 6. The molecule has 0 spiro atoms. The number of nitrogens with one attached hydrogen (secondary N) is 4. The maximum absolute atomic E-state index is 13.0. The number of phenols is 2. The number of aromatic nitrogens is 4. The molecule has 0 aliphatic heterocycles. The molecule has 0 fully saturated rings. The van der Waals surface area contributed by atoms with Crippen molar-refractivity contribution in [3.8, 4) is 11.5 Å². The molecule has 10 N–H and O–H groups in total. The third kappa shape index (κ3) is 33.7. The number of phenolic OH excluding ortho intramolecular Hbond substituents is 2. The number of nitrogens with zero attached hydrogens (tertiary/aromatic N) is 4. The molecule has 16 rings (SSSR count). The Balaban J connectivity index is 0.000000270. The van der Waals surface area contributed by atoms with E-state index >= 15 is 0 Å². The predicted molar refractivity (Wildman–Crippen MR) is 596 cm³/mol. The van der Waals surface area contributed by atoms with E-state index in [1.165, 1.54) is 66.7 Å². The molecule has 4 amide bonds. The topological polar surface area (TPSA) is 484 Å². The van der Waals surface area contributed by atoms with E-state index in [0.29, 0.717) is 67.1 Å². The summed E-state index contributed by atoms with van der Waals surface area (Å²) in [6.45, 7) is 26.3. The fraction of sp³-hybridized carbons (Fsp3) is 0.217. The van der Waals surface area contributed by atoms with Crippen molar-refractivity contribution in [1.29, 1.82) is 0 Å². The van der Waals surface area contributed by atoms with Crippen molar-refractivity contribution in [2.45, 2.75) is 170 Å². The second kappa shape index (κ2) is 56.3. The molecule has 16 aromatic rings. The number of rotatable bonds is 22. The summed E-state index contributed by atoms with van der Waals surface area (Å²) in [5.41, 5.74) is 24.7. The van der Waals surface area contributed by atoms with Gasteiger partial charge >= 0.3 is 0 Å². The summed E-state index contributed by atoms with van der Waals surface area (Å²) in [6.07, 6.45) is 0.430. The van der Waals surface area contributed by atoms with Crippen LogP contribution in [0.25, 0.3) is 44.4 Å². The van der Waals surface area contributed by atoms with E-state index in [2.05, 4.69) is 41.2 Å². The summed E-state index contributed by atoms with van der Waals surface area (Å²) < 4.78 is 123. The SMILES string of the molecule is CCC(C(=O)Cl)S(=O)(=O)c1cccc(C)c1.CCC(C(=O)Nc1cc(O)c(N)cc1Cl)S(=O)(=O)c1cccc(C)c1.CCC(C(=O)Nc1cc(O)c(NC(=O)c2ccccc2C)cc1Cl)S(=O)(=O)c1cccc(C)c1.CCC(C(=O)Nc1cc2oc(C)nc2cc1Cl)S(=O)(=O)c1cccc(C)c1.Cc1ccccc1C(=O)Cl.Cc1nc2cc(Cl)c(C)cc2o1.Cc1nc2cc(Cl)c(N)cc2o1.Cc1nc2cc(Cl)ccc2o1.Cl.[CH3-].[Ni]. The van der Waals surface area contributed by atoms with Crippen LogP contribution in [0.15, 0.2) is 262 Å². The summed E-state index contributed by atoms with van der Waals surface area (Å²) in [4.78, 5) is 89.4. The minimum Gasteiger partial charge on any atom is -0.506 e. The fourth-order valence-electron chi connectivity index (χ4n) is 14.3. The maximum atomic E-state index is 13.0. The monoisotopic (exact) mass is 2340 g/mol. The van der Waals surface area contributed by atoms with Gasteiger partial charge in [0.15, 0.2) is 85.2 Å². The van der Waals surface area contributed by atoms with E-state index in [1.807, 2.05) is 58.0 Å². The van der Waals surface area contributed by atoms with Gasteiger partial charge in [-0.2, -0.15) is 0 Å². The Morgan fingerprint density at radius 2 is 0.660 bits per heavy atom. The van der Waals surface area contributed by atoms with Gasteiger partial charge in [0.05, 0.1) is 73.8 Å². The first-order valence-corrected chi connectivity index (χ1v) is 54.1. The van der Waals surface area contributed by atoms with E-state index in [4.69, 9.17) is 122 Å². The van der Waals surface area contributed by atoms with Crippen molar-refractivity contribution in [3.63, 3.8) is 0 Å². The van der Waals surface area contributed by atoms with Crippen LogP contribution in [0.5, 0.6) is 11.5 Å². The Kier molecular flexibility index (Phi) is 47.5. The second-order valence-corrected chi connectivity index (χ2v) is 44.9. The number of halogens is 9. The zero-order valence-corrected chi connectivity index (χ0v) is 94.7. The number of carbonyl (C=O) groups excluding carboxylic acids is 6. The van der Waals surface area contributed by atoms with Crippen molar-refractivity contribution < 1.29 is 107 Å². The quantitative estimate of drug-likeness (QED) is 0.0103. The van der Waals surface area contributed by atoms with E-state index in [9.17, 15) is 72.7 Å². The van der Waals surface area contributed by atoms with Crippen LogP contribution in [0.1, 0.15) is 137 Å². The molecular formula is C106H108Cl9N10NiO20S4-. The van der Waals surface area contributed by atoms with Crippen LogP contribution in [-0.2, 0) is 75.0 Å². The average molecular weight is 2350 g/mol. The van der Waals surface area contributed by atoms with E-state index in [0.717, 1.165) is 71.7 Å². The van der Waals surface area contributed by atoms with Crippen molar-refractivity contribution in [1.82, 2.24) is 19.9 Å². The van der Waals surface area contributed by atoms with E-state index in [-0.39, 0.29) is 137 Å². The molecule has 0 bridgehead atoms. The van der Waals surface area contributed by atoms with Crippen LogP contribution in [0, 0.1) is 83.6 Å². The predicted octanol–water partition coefficient (Wildman–Crippen LogP) is 26.3. The van der Waals surface area contributed by atoms with E-state index in [1.54, 1.807) is 204 Å². The van der Waals surface area contributed by atoms with Gasteiger partial charge < -0.3 is 68.0 Å². The molecule has 30 nitrogen and oxygen atoms in total. The Labute approximate surface area is 925 Å². The summed E-state index contributed by atoms with van der Waals surface area (Å²) >= 11 is 46.5. The van der Waals surface area contributed by atoms with Crippen LogP contribution in [0.3, 0.4) is 0 Å². The first-order chi connectivity index (χ1) is 69.1. The zero-order valence-electron chi connectivity index (χ0n) is 83.6. The van der Waals surface area contributed by atoms with E-state index < -0.39 is 94.5 Å². The van der Waals surface area contributed by atoms with Crippen LogP contribution in [0.4, 0.5) is 34.1 Å². The molecule has 4 heterocycles. The molecule has 12 aromatic carbocycles. The number of oxazole rings is 4.